The van der Waals surface area contributed by atoms with Crippen LogP contribution in [0.25, 0.3) is 33.2 Å². The Morgan fingerprint density at radius 1 is 0.694 bits per heavy atom. The number of benzene rings is 4. The summed E-state index contributed by atoms with van der Waals surface area (Å²) >= 11 is 3.47. The smallest absolute Gasteiger partial charge is 0.266 e. The van der Waals surface area contributed by atoms with Gasteiger partial charge in [0.2, 0.25) is 0 Å². The third kappa shape index (κ3) is 9.11. The number of hydrogen-bond acceptors (Lipinski definition) is 6. The quantitative estimate of drug-likeness (QED) is 0.154. The zero-order valence-corrected chi connectivity index (χ0v) is 29.6. The van der Waals surface area contributed by atoms with Crippen LogP contribution in [0, 0.1) is 11.6 Å². The van der Waals surface area contributed by atoms with Crippen LogP contribution in [0.1, 0.15) is 63.1 Å². The predicted octanol–water partition coefficient (Wildman–Crippen LogP) is 7.92. The minimum absolute atomic E-state index is 0.104. The number of nitrogens with two attached hydrogens (primary N) is 1. The summed E-state index contributed by atoms with van der Waals surface area (Å²) in [5.41, 5.74) is 7.25. The van der Waals surface area contributed by atoms with Gasteiger partial charge >= 0.3 is 0 Å². The van der Waals surface area contributed by atoms with Crippen molar-refractivity contribution in [1.29, 1.82) is 0 Å². The Bertz CT molecular complexity index is 2100. The van der Waals surface area contributed by atoms with E-state index in [1.165, 1.54) is 28.8 Å². The van der Waals surface area contributed by atoms with Crippen LogP contribution in [0.4, 0.5) is 8.78 Å². The van der Waals surface area contributed by atoms with Crippen molar-refractivity contribution in [3.63, 3.8) is 0 Å². The molecule has 0 spiro atoms. The van der Waals surface area contributed by atoms with Crippen molar-refractivity contribution in [1.82, 2.24) is 24.4 Å². The van der Waals surface area contributed by atoms with E-state index in [1.807, 2.05) is 44.2 Å². The lowest BCUT2D eigenvalue weighted by molar-refractivity contribution is 0.531. The van der Waals surface area contributed by atoms with E-state index in [4.69, 9.17) is 10.7 Å². The SMILES string of the molecule is CC(Br)c1nc2ccccc2c(=O)n1-c1ccc(F)cc1.CCCN.CCCNC(C)c1nc2ccccc2c(=O)n1-c1ccc(F)cc1. The maximum Gasteiger partial charge on any atom is 0.266 e. The number of rotatable bonds is 8. The highest BCUT2D eigenvalue weighted by Crippen LogP contribution is 2.24. The number of halogens is 3. The van der Waals surface area contributed by atoms with Gasteiger partial charge in [0, 0.05) is 0 Å². The molecule has 4 aromatic carbocycles. The first-order chi connectivity index (χ1) is 23.6. The van der Waals surface area contributed by atoms with E-state index in [0.29, 0.717) is 44.8 Å². The molecule has 0 amide bonds. The van der Waals surface area contributed by atoms with Crippen molar-refractivity contribution in [2.45, 2.75) is 51.4 Å². The average Bonchev–Trinajstić information content (AvgIpc) is 3.12. The standard InChI is InChI=1S/C19H20FN3O.C16H12BrFN2O.C3H9N/c1-3-12-21-13(2)18-22-17-7-5-4-6-16(17)19(24)23(18)15-10-8-14(20)9-11-15;1-10(17)15-19-14-5-3-2-4-13(14)16(21)20(15)12-8-6-11(18)7-9-12;1-2-3-4/h4-11,13,21H,3,12H2,1-2H3;2-10H,1H3;2-4H2,1H3. The Balaban J connectivity index is 0.000000201. The van der Waals surface area contributed by atoms with Gasteiger partial charge < -0.3 is 11.1 Å². The third-order valence-electron chi connectivity index (χ3n) is 7.51. The van der Waals surface area contributed by atoms with E-state index in [-0.39, 0.29) is 33.6 Å². The molecule has 0 fully saturated rings. The summed E-state index contributed by atoms with van der Waals surface area (Å²) < 4.78 is 29.4. The first-order valence-electron chi connectivity index (χ1n) is 16.2. The molecule has 2 atom stereocenters. The Labute approximate surface area is 292 Å². The van der Waals surface area contributed by atoms with Gasteiger partial charge in [-0.1, -0.05) is 54.0 Å². The number of hydrogen-bond donors (Lipinski definition) is 2. The molecule has 0 aliphatic carbocycles. The maximum absolute atomic E-state index is 13.3. The minimum Gasteiger partial charge on any atom is -0.330 e. The van der Waals surface area contributed by atoms with E-state index in [2.05, 4.69) is 40.1 Å². The molecule has 0 radical (unpaired) electrons. The molecule has 0 aliphatic heterocycles. The summed E-state index contributed by atoms with van der Waals surface area (Å²) in [5, 5.41) is 4.46. The second kappa shape index (κ2) is 17.7. The van der Waals surface area contributed by atoms with Gasteiger partial charge in [-0.05, 0) is 113 Å². The molecular weight excluding hydrogens is 690 g/mol. The van der Waals surface area contributed by atoms with Crippen molar-refractivity contribution < 1.29 is 8.78 Å². The van der Waals surface area contributed by atoms with E-state index < -0.39 is 0 Å². The van der Waals surface area contributed by atoms with Crippen molar-refractivity contribution >= 4 is 37.7 Å². The predicted molar refractivity (Wildman–Crippen MR) is 198 cm³/mol. The van der Waals surface area contributed by atoms with Crippen LogP contribution in [-0.4, -0.2) is 32.2 Å². The fourth-order valence-electron chi connectivity index (χ4n) is 4.99. The highest BCUT2D eigenvalue weighted by atomic mass is 79.9. The summed E-state index contributed by atoms with van der Waals surface area (Å²) in [4.78, 5) is 34.9. The number of nitrogens with one attached hydrogen (secondary N) is 1. The van der Waals surface area contributed by atoms with Crippen LogP contribution in [0.2, 0.25) is 0 Å². The van der Waals surface area contributed by atoms with Gasteiger partial charge in [-0.25, -0.2) is 18.7 Å². The number of fused-ring (bicyclic) bond motifs is 2. The molecule has 2 unspecified atom stereocenters. The topological polar surface area (TPSA) is 108 Å². The third-order valence-corrected chi connectivity index (χ3v) is 7.91. The van der Waals surface area contributed by atoms with Gasteiger partial charge in [0.25, 0.3) is 11.1 Å². The normalized spacial score (nSPS) is 12.1. The molecule has 11 heteroatoms. The van der Waals surface area contributed by atoms with Gasteiger partial charge in [-0.15, -0.1) is 0 Å². The second-order valence-electron chi connectivity index (χ2n) is 11.3. The maximum atomic E-state index is 13.3. The summed E-state index contributed by atoms with van der Waals surface area (Å²) in [6.07, 6.45) is 2.08. The monoisotopic (exact) mass is 730 g/mol. The van der Waals surface area contributed by atoms with Crippen LogP contribution >= 0.6 is 15.9 Å². The Hall–Kier alpha value is -4.58. The van der Waals surface area contributed by atoms with Gasteiger partial charge in [-0.2, -0.15) is 0 Å². The summed E-state index contributed by atoms with van der Waals surface area (Å²) in [7, 11) is 0. The van der Waals surface area contributed by atoms with Gasteiger partial charge in [0.05, 0.1) is 44.0 Å². The minimum atomic E-state index is -0.339. The van der Waals surface area contributed by atoms with Crippen molar-refractivity contribution in [3.05, 3.63) is 141 Å². The molecular formula is C38H41BrF2N6O2. The van der Waals surface area contributed by atoms with E-state index in [9.17, 15) is 18.4 Å². The van der Waals surface area contributed by atoms with Crippen LogP contribution < -0.4 is 22.2 Å². The van der Waals surface area contributed by atoms with Gasteiger partial charge in [0.15, 0.2) is 0 Å². The molecule has 0 saturated heterocycles. The second-order valence-corrected chi connectivity index (χ2v) is 12.7. The molecule has 0 saturated carbocycles. The van der Waals surface area contributed by atoms with Crippen LogP contribution in [0.15, 0.2) is 107 Å². The van der Waals surface area contributed by atoms with Crippen molar-refractivity contribution in [3.8, 4) is 11.4 Å². The number of para-hydroxylation sites is 2. The van der Waals surface area contributed by atoms with Crippen molar-refractivity contribution in [2.24, 2.45) is 5.73 Å². The molecule has 8 nitrogen and oxygen atoms in total. The molecule has 3 N–H and O–H groups in total. The fraction of sp³-hybridized carbons (Fsp3) is 0.263. The zero-order chi connectivity index (χ0) is 35.5. The van der Waals surface area contributed by atoms with Gasteiger partial charge in [0.1, 0.15) is 23.3 Å². The first-order valence-corrected chi connectivity index (χ1v) is 17.2. The first kappa shape index (κ1) is 37.2. The highest BCUT2D eigenvalue weighted by molar-refractivity contribution is 9.09. The molecule has 49 heavy (non-hydrogen) atoms. The average molecular weight is 732 g/mol. The molecule has 2 heterocycles. The number of nitrogens with zero attached hydrogens (tertiary/aromatic N) is 4. The van der Waals surface area contributed by atoms with Crippen LogP contribution in [-0.2, 0) is 0 Å². The lowest BCUT2D eigenvalue weighted by atomic mass is 10.2. The molecule has 2 aromatic heterocycles. The lowest BCUT2D eigenvalue weighted by Crippen LogP contribution is -2.30. The van der Waals surface area contributed by atoms with Gasteiger partial charge in [-0.3, -0.25) is 18.7 Å². The molecule has 0 aliphatic rings. The van der Waals surface area contributed by atoms with Crippen LogP contribution in [0.5, 0.6) is 0 Å². The number of alkyl halides is 1. The number of aromatic nitrogens is 4. The Morgan fingerprint density at radius 3 is 1.51 bits per heavy atom. The summed E-state index contributed by atoms with van der Waals surface area (Å²) in [6, 6.07) is 26.1. The Morgan fingerprint density at radius 2 is 1.10 bits per heavy atom. The molecule has 256 valence electrons. The fourth-order valence-corrected chi connectivity index (χ4v) is 5.30. The van der Waals surface area contributed by atoms with E-state index in [0.717, 1.165) is 25.9 Å². The highest BCUT2D eigenvalue weighted by Gasteiger charge is 2.18. The van der Waals surface area contributed by atoms with Crippen molar-refractivity contribution in [2.75, 3.05) is 13.1 Å². The zero-order valence-electron chi connectivity index (χ0n) is 28.0. The molecule has 6 aromatic rings. The van der Waals surface area contributed by atoms with E-state index in [1.54, 1.807) is 47.0 Å². The summed E-state index contributed by atoms with van der Waals surface area (Å²) in [6.45, 7) is 9.66. The largest absolute Gasteiger partial charge is 0.330 e. The summed E-state index contributed by atoms with van der Waals surface area (Å²) in [5.74, 6) is 0.539. The van der Waals surface area contributed by atoms with E-state index >= 15 is 0 Å². The van der Waals surface area contributed by atoms with Crippen LogP contribution in [0.3, 0.4) is 0 Å². The molecule has 0 bridgehead atoms. The lowest BCUT2D eigenvalue weighted by Gasteiger charge is -2.19. The Kier molecular flexibility index (Phi) is 13.5. The molecule has 6 rings (SSSR count).